The highest BCUT2D eigenvalue weighted by atomic mass is 31.2. The van der Waals surface area contributed by atoms with E-state index in [0.717, 1.165) is 44.9 Å². The van der Waals surface area contributed by atoms with Gasteiger partial charge in [-0.1, -0.05) is 135 Å². The number of carbonyl (C=O) groups is 2. The van der Waals surface area contributed by atoms with Gasteiger partial charge in [-0.05, 0) is 77.0 Å². The second-order valence-corrected chi connectivity index (χ2v) is 13.4. The predicted molar refractivity (Wildman–Crippen MR) is 218 cm³/mol. The quantitative estimate of drug-likeness (QED) is 0.0171. The highest BCUT2D eigenvalue weighted by Crippen LogP contribution is 2.35. The molecule has 0 aliphatic rings. The number of carbonyl (C=O) groups excluding carboxylic acids is 2. The van der Waals surface area contributed by atoms with E-state index in [0.29, 0.717) is 32.1 Å². The summed E-state index contributed by atoms with van der Waals surface area (Å²) in [6, 6.07) is 0. The molecule has 0 aromatic heterocycles. The van der Waals surface area contributed by atoms with Crippen LogP contribution in [0.25, 0.3) is 0 Å². The lowest BCUT2D eigenvalue weighted by molar-refractivity contribution is -0.161. The molecule has 0 unspecified atom stereocenters. The van der Waals surface area contributed by atoms with Crippen molar-refractivity contribution in [2.24, 2.45) is 0 Å². The molecule has 0 amide bonds. The highest BCUT2D eigenvalue weighted by molar-refractivity contribution is 7.46. The molecule has 0 saturated heterocycles. The van der Waals surface area contributed by atoms with Gasteiger partial charge < -0.3 is 29.5 Å². The lowest BCUT2D eigenvalue weighted by Crippen LogP contribution is -2.29. The van der Waals surface area contributed by atoms with Crippen LogP contribution in [-0.2, 0) is 28.2 Å². The van der Waals surface area contributed by atoms with Crippen LogP contribution in [0.1, 0.15) is 104 Å². The molecule has 0 bridgehead atoms. The summed E-state index contributed by atoms with van der Waals surface area (Å²) in [6.45, 7) is 3.15. The van der Waals surface area contributed by atoms with E-state index in [9.17, 15) is 24.4 Å². The number of rotatable bonds is 32. The topological polar surface area (TPSA) is 160 Å². The molecular formula is C43H65O10P. The number of ether oxygens (including phenoxy) is 2. The fourth-order valence-electron chi connectivity index (χ4n) is 4.34. The van der Waals surface area contributed by atoms with Crippen LogP contribution in [0.2, 0.25) is 0 Å². The summed E-state index contributed by atoms with van der Waals surface area (Å²) in [5.74, 6) is -1.13. The Morgan fingerprint density at radius 3 is 1.80 bits per heavy atom. The highest BCUT2D eigenvalue weighted by Gasteiger charge is 2.22. The Balaban J connectivity index is 4.35. The van der Waals surface area contributed by atoms with Gasteiger partial charge in [0.25, 0.3) is 0 Å². The molecule has 0 spiro atoms. The second-order valence-electron chi connectivity index (χ2n) is 12.2. The van der Waals surface area contributed by atoms with Crippen LogP contribution in [-0.4, -0.2) is 63.5 Å². The van der Waals surface area contributed by atoms with Gasteiger partial charge in [-0.25, -0.2) is 4.57 Å². The van der Waals surface area contributed by atoms with Crippen LogP contribution in [0.4, 0.5) is 0 Å². The summed E-state index contributed by atoms with van der Waals surface area (Å²) < 4.78 is 26.1. The van der Waals surface area contributed by atoms with Gasteiger partial charge in [0.15, 0.2) is 6.10 Å². The minimum Gasteiger partial charge on any atom is -0.462 e. The summed E-state index contributed by atoms with van der Waals surface area (Å²) in [6.07, 6.45) is 45.7. The van der Waals surface area contributed by atoms with Gasteiger partial charge >= 0.3 is 19.8 Å². The molecule has 54 heavy (non-hydrogen) atoms. The number of hydrogen-bond acceptors (Lipinski definition) is 8. The van der Waals surface area contributed by atoms with Crippen molar-refractivity contribution >= 4 is 19.8 Å². The number of hydrogen-bond donors (Lipinski definition) is 4. The maximum Gasteiger partial charge on any atom is 0.469 e. The average Bonchev–Trinajstić information content (AvgIpc) is 3.13. The summed E-state index contributed by atoms with van der Waals surface area (Å²) >= 11 is 0. The van der Waals surface area contributed by atoms with Crippen molar-refractivity contribution in [1.29, 1.82) is 0 Å². The van der Waals surface area contributed by atoms with E-state index in [1.54, 1.807) is 30.4 Å². The monoisotopic (exact) mass is 772 g/mol. The van der Waals surface area contributed by atoms with Gasteiger partial charge in [0.05, 0.1) is 18.8 Å². The van der Waals surface area contributed by atoms with Crippen molar-refractivity contribution in [3.63, 3.8) is 0 Å². The second kappa shape index (κ2) is 36.4. The average molecular weight is 773 g/mol. The lowest BCUT2D eigenvalue weighted by atomic mass is 10.2. The van der Waals surface area contributed by atoms with E-state index in [1.165, 1.54) is 0 Å². The third-order valence-corrected chi connectivity index (χ3v) is 7.64. The first-order valence-electron chi connectivity index (χ1n) is 19.1. The Kier molecular flexibility index (Phi) is 33.9. The fourth-order valence-corrected chi connectivity index (χ4v) is 4.70. The van der Waals surface area contributed by atoms with Crippen molar-refractivity contribution < 1.29 is 48.2 Å². The maximum absolute atomic E-state index is 12.4. The molecule has 11 heteroatoms. The van der Waals surface area contributed by atoms with Crippen molar-refractivity contribution in [3.05, 3.63) is 122 Å². The van der Waals surface area contributed by atoms with Crippen molar-refractivity contribution in [3.8, 4) is 0 Å². The minimum atomic E-state index is -4.83. The van der Waals surface area contributed by atoms with Gasteiger partial charge in [0, 0.05) is 12.8 Å². The van der Waals surface area contributed by atoms with Crippen molar-refractivity contribution in [2.75, 3.05) is 13.2 Å². The molecule has 10 nitrogen and oxygen atoms in total. The summed E-state index contributed by atoms with van der Waals surface area (Å²) in [4.78, 5) is 42.7. The smallest absolute Gasteiger partial charge is 0.462 e. The van der Waals surface area contributed by atoms with E-state index < -0.39 is 44.7 Å². The van der Waals surface area contributed by atoms with Crippen LogP contribution in [0, 0.1) is 0 Å². The molecule has 0 saturated carbocycles. The Morgan fingerprint density at radius 2 is 1.15 bits per heavy atom. The molecule has 0 aliphatic heterocycles. The number of unbranched alkanes of at least 4 members (excludes halogenated alkanes) is 3. The predicted octanol–water partition coefficient (Wildman–Crippen LogP) is 9.34. The minimum absolute atomic E-state index is 0.00817. The third kappa shape index (κ3) is 38.1. The molecule has 0 radical (unpaired) electrons. The van der Waals surface area contributed by atoms with Crippen LogP contribution in [0.15, 0.2) is 122 Å². The van der Waals surface area contributed by atoms with Crippen LogP contribution in [0.3, 0.4) is 0 Å². The number of allylic oxidation sites excluding steroid dienone is 16. The molecule has 0 aliphatic carbocycles. The zero-order valence-corrected chi connectivity index (χ0v) is 33.2. The molecule has 4 N–H and O–H groups in total. The van der Waals surface area contributed by atoms with Crippen LogP contribution < -0.4 is 0 Å². The maximum atomic E-state index is 12.4. The van der Waals surface area contributed by atoms with E-state index in [1.807, 2.05) is 49.5 Å². The molecule has 0 heterocycles. The normalized spacial score (nSPS) is 15.0. The Bertz CT molecular complexity index is 1310. The van der Waals surface area contributed by atoms with Crippen LogP contribution >= 0.6 is 7.82 Å². The summed E-state index contributed by atoms with van der Waals surface area (Å²) in [7, 11) is -4.83. The van der Waals surface area contributed by atoms with E-state index >= 15 is 0 Å². The van der Waals surface area contributed by atoms with Gasteiger partial charge in [0.1, 0.15) is 6.61 Å². The SMILES string of the molecule is CC/C=C\C/C=C\C/C=C\C/C=C\CCCCC(=O)OC[C@H](COP(=O)(O)O)OC(=O)CCC/C=C\[C@@H](O)/C=C/C=C\C/C=C\C=C\[C@@H](O)C/C=C\CC. The van der Waals surface area contributed by atoms with Gasteiger partial charge in [-0.15, -0.1) is 0 Å². The van der Waals surface area contributed by atoms with Gasteiger partial charge in [-0.2, -0.15) is 0 Å². The number of phosphoric ester groups is 1. The molecule has 302 valence electrons. The first-order valence-corrected chi connectivity index (χ1v) is 20.6. The third-order valence-electron chi connectivity index (χ3n) is 7.15. The molecule has 0 aromatic carbocycles. The zero-order valence-electron chi connectivity index (χ0n) is 32.3. The first kappa shape index (κ1) is 50.4. The molecule has 3 atom stereocenters. The standard InChI is InChI=1S/C43H65O10P/c1-3-5-7-8-9-10-11-12-13-14-15-16-20-23-29-35-42(46)51-37-41(38-52-54(48,49)50)53-43(47)36-30-24-28-34-40(45)33-27-22-19-17-18-21-26-32-39(44)31-25-6-4-2/h5-7,9-10,12-13,15-16,18-19,21-22,25-28,32-34,39-41,44-45H,3-4,8,11,14,17,20,23-24,29-31,35-38H2,1-2H3,(H2,48,49,50)/b7-5-,10-9-,13-12-,16-15-,21-18-,22-19-,25-6-,32-26+,33-27+,34-28-/t39-,40-,41+/m0/s1. The number of aliphatic hydroxyl groups is 2. The van der Waals surface area contributed by atoms with Crippen molar-refractivity contribution in [1.82, 2.24) is 0 Å². The largest absolute Gasteiger partial charge is 0.469 e. The van der Waals surface area contributed by atoms with E-state index in [2.05, 4.69) is 60.1 Å². The number of aliphatic hydroxyl groups excluding tert-OH is 2. The summed E-state index contributed by atoms with van der Waals surface area (Å²) in [5, 5.41) is 19.9. The van der Waals surface area contributed by atoms with Crippen LogP contribution in [0.5, 0.6) is 0 Å². The summed E-state index contributed by atoms with van der Waals surface area (Å²) in [5.41, 5.74) is 0. The fraction of sp³-hybridized carbons (Fsp3) is 0.488. The number of phosphoric acid groups is 1. The van der Waals surface area contributed by atoms with Gasteiger partial charge in [0.2, 0.25) is 0 Å². The first-order chi connectivity index (χ1) is 26.1. The van der Waals surface area contributed by atoms with Crippen molar-refractivity contribution in [2.45, 2.75) is 122 Å². The zero-order chi connectivity index (χ0) is 40.0. The van der Waals surface area contributed by atoms with E-state index in [-0.39, 0.29) is 19.4 Å². The Morgan fingerprint density at radius 1 is 0.593 bits per heavy atom. The molecule has 0 rings (SSSR count). The molecular weight excluding hydrogens is 707 g/mol. The molecule has 0 aromatic rings. The van der Waals surface area contributed by atoms with E-state index in [4.69, 9.17) is 19.3 Å². The Labute approximate surface area is 324 Å². The Hall–Kier alpha value is -3.63. The number of esters is 2. The van der Waals surface area contributed by atoms with Gasteiger partial charge in [-0.3, -0.25) is 14.1 Å². The lowest BCUT2D eigenvalue weighted by Gasteiger charge is -2.18. The molecule has 0 fully saturated rings.